The zero-order chi connectivity index (χ0) is 14.5. The predicted molar refractivity (Wildman–Crippen MR) is 82.0 cm³/mol. The van der Waals surface area contributed by atoms with E-state index in [0.29, 0.717) is 18.1 Å². The molecule has 0 aliphatic carbocycles. The van der Waals surface area contributed by atoms with Gasteiger partial charge in [-0.2, -0.15) is 0 Å². The van der Waals surface area contributed by atoms with Crippen LogP contribution in [0.1, 0.15) is 16.3 Å². The molecule has 1 N–H and O–H groups in total. The van der Waals surface area contributed by atoms with Crippen LogP contribution >= 0.6 is 27.3 Å². The molecule has 20 heavy (non-hydrogen) atoms. The van der Waals surface area contributed by atoms with Gasteiger partial charge in [0.05, 0.1) is 3.79 Å². The van der Waals surface area contributed by atoms with E-state index in [0.717, 1.165) is 20.4 Å². The van der Waals surface area contributed by atoms with E-state index < -0.39 is 5.97 Å². The molecule has 4 nitrogen and oxygen atoms in total. The van der Waals surface area contributed by atoms with E-state index >= 15 is 0 Å². The summed E-state index contributed by atoms with van der Waals surface area (Å²) in [6, 6.07) is 7.56. The van der Waals surface area contributed by atoms with Gasteiger partial charge in [-0.25, -0.2) is 9.78 Å². The molecule has 0 saturated carbocycles. The van der Waals surface area contributed by atoms with Crippen molar-refractivity contribution in [2.24, 2.45) is 0 Å². The average Bonchev–Trinajstić information content (AvgIpc) is 2.81. The summed E-state index contributed by atoms with van der Waals surface area (Å²) in [4.78, 5) is 15.9. The topological polar surface area (TPSA) is 59.4 Å². The van der Waals surface area contributed by atoms with Crippen LogP contribution in [0.15, 0.2) is 34.1 Å². The Labute approximate surface area is 128 Å². The van der Waals surface area contributed by atoms with E-state index in [9.17, 15) is 4.79 Å². The number of nitrogens with zero attached hydrogens (tertiary/aromatic N) is 1. The third kappa shape index (κ3) is 4.18. The highest BCUT2D eigenvalue weighted by atomic mass is 79.9. The van der Waals surface area contributed by atoms with Crippen LogP contribution in [0.5, 0.6) is 5.75 Å². The predicted octanol–water partition coefficient (Wildman–Crippen LogP) is 3.89. The molecule has 0 aromatic carbocycles. The second-order valence-corrected chi connectivity index (χ2v) is 6.55. The second kappa shape index (κ2) is 6.67. The molecule has 2 aromatic rings. The maximum Gasteiger partial charge on any atom is 0.328 e. The van der Waals surface area contributed by atoms with Gasteiger partial charge in [0.2, 0.25) is 0 Å². The molecule has 0 aliphatic rings. The van der Waals surface area contributed by atoms with Crippen molar-refractivity contribution in [1.29, 1.82) is 0 Å². The standard InChI is InChI=1S/C14H12BrNO3S/c1-9-2-5-12(11(16-9)4-7-14(17)18)19-8-10-3-6-13(15)20-10/h2-7H,8H2,1H3,(H,17,18). The molecule has 0 unspecified atom stereocenters. The van der Waals surface area contributed by atoms with Crippen LogP contribution in [0.3, 0.4) is 0 Å². The Morgan fingerprint density at radius 2 is 2.25 bits per heavy atom. The highest BCUT2D eigenvalue weighted by Crippen LogP contribution is 2.25. The van der Waals surface area contributed by atoms with Crippen molar-refractivity contribution in [1.82, 2.24) is 4.98 Å². The SMILES string of the molecule is Cc1ccc(OCc2ccc(Br)s2)c(C=CC(=O)O)n1. The largest absolute Gasteiger partial charge is 0.486 e. The van der Waals surface area contributed by atoms with E-state index in [4.69, 9.17) is 9.84 Å². The fraction of sp³-hybridized carbons (Fsp3) is 0.143. The number of rotatable bonds is 5. The summed E-state index contributed by atoms with van der Waals surface area (Å²) < 4.78 is 6.75. The number of aliphatic carboxylic acids is 1. The van der Waals surface area contributed by atoms with Gasteiger partial charge in [0.1, 0.15) is 18.1 Å². The van der Waals surface area contributed by atoms with Gasteiger partial charge in [-0.05, 0) is 53.2 Å². The lowest BCUT2D eigenvalue weighted by Crippen LogP contribution is -1.98. The number of carboxylic acid groups (broad SMARTS) is 1. The smallest absolute Gasteiger partial charge is 0.328 e. The summed E-state index contributed by atoms with van der Waals surface area (Å²) in [6.07, 6.45) is 2.49. The molecular formula is C14H12BrNO3S. The summed E-state index contributed by atoms with van der Waals surface area (Å²) in [7, 11) is 0. The molecule has 0 radical (unpaired) electrons. The summed E-state index contributed by atoms with van der Waals surface area (Å²) in [5.41, 5.74) is 1.32. The van der Waals surface area contributed by atoms with Crippen molar-refractivity contribution >= 4 is 39.3 Å². The zero-order valence-electron chi connectivity index (χ0n) is 10.7. The molecule has 6 heteroatoms. The molecule has 0 atom stereocenters. The van der Waals surface area contributed by atoms with Crippen molar-refractivity contribution in [3.63, 3.8) is 0 Å². The molecule has 0 amide bonds. The summed E-state index contributed by atoms with van der Waals surface area (Å²) >= 11 is 4.99. The molecule has 104 valence electrons. The van der Waals surface area contributed by atoms with Crippen LogP contribution in [-0.2, 0) is 11.4 Å². The molecule has 0 bridgehead atoms. The number of hydrogen-bond donors (Lipinski definition) is 1. The minimum atomic E-state index is -1.01. The lowest BCUT2D eigenvalue weighted by molar-refractivity contribution is -0.131. The Morgan fingerprint density at radius 3 is 2.90 bits per heavy atom. The Hall–Kier alpha value is -1.66. The van der Waals surface area contributed by atoms with Crippen LogP contribution in [0.25, 0.3) is 6.08 Å². The summed E-state index contributed by atoms with van der Waals surface area (Å²) in [5, 5.41) is 8.69. The van der Waals surface area contributed by atoms with Crippen LogP contribution in [-0.4, -0.2) is 16.1 Å². The van der Waals surface area contributed by atoms with E-state index in [1.165, 1.54) is 6.08 Å². The molecule has 0 fully saturated rings. The quantitative estimate of drug-likeness (QED) is 0.828. The van der Waals surface area contributed by atoms with Crippen molar-refractivity contribution in [2.75, 3.05) is 0 Å². The number of thiophene rings is 1. The van der Waals surface area contributed by atoms with Crippen molar-refractivity contribution in [3.05, 3.63) is 50.4 Å². The lowest BCUT2D eigenvalue weighted by atomic mass is 10.2. The van der Waals surface area contributed by atoms with E-state index in [1.807, 2.05) is 25.1 Å². The molecule has 0 aliphatic heterocycles. The first-order chi connectivity index (χ1) is 9.54. The number of carboxylic acids is 1. The fourth-order valence-corrected chi connectivity index (χ4v) is 2.93. The van der Waals surface area contributed by atoms with Crippen LogP contribution in [0, 0.1) is 6.92 Å². The molecular weight excluding hydrogens is 342 g/mol. The highest BCUT2D eigenvalue weighted by Gasteiger charge is 2.05. The monoisotopic (exact) mass is 353 g/mol. The number of halogens is 1. The normalized spacial score (nSPS) is 10.9. The van der Waals surface area contributed by atoms with E-state index in [2.05, 4.69) is 20.9 Å². The van der Waals surface area contributed by atoms with Gasteiger partial charge < -0.3 is 9.84 Å². The second-order valence-electron chi connectivity index (χ2n) is 4.00. The average molecular weight is 354 g/mol. The molecule has 2 rings (SSSR count). The van der Waals surface area contributed by atoms with E-state index in [1.54, 1.807) is 17.4 Å². The van der Waals surface area contributed by atoms with Gasteiger partial charge in [0.15, 0.2) is 0 Å². The third-order valence-corrected chi connectivity index (χ3v) is 4.00. The third-order valence-electron chi connectivity index (χ3n) is 2.41. The first-order valence-corrected chi connectivity index (χ1v) is 7.41. The number of carbonyl (C=O) groups is 1. The number of aryl methyl sites for hydroxylation is 1. The van der Waals surface area contributed by atoms with Gasteiger partial charge in [-0.1, -0.05) is 0 Å². The first kappa shape index (κ1) is 14.7. The first-order valence-electron chi connectivity index (χ1n) is 5.80. The number of aromatic nitrogens is 1. The zero-order valence-corrected chi connectivity index (χ0v) is 13.1. The van der Waals surface area contributed by atoms with E-state index in [-0.39, 0.29) is 0 Å². The van der Waals surface area contributed by atoms with Gasteiger partial charge in [-0.15, -0.1) is 11.3 Å². The minimum Gasteiger partial charge on any atom is -0.486 e. The van der Waals surface area contributed by atoms with Gasteiger partial charge in [0, 0.05) is 16.6 Å². The van der Waals surface area contributed by atoms with Crippen LogP contribution < -0.4 is 4.74 Å². The molecule has 0 spiro atoms. The number of hydrogen-bond acceptors (Lipinski definition) is 4. The summed E-state index contributed by atoms with van der Waals surface area (Å²) in [5.74, 6) is -0.445. The Morgan fingerprint density at radius 1 is 1.45 bits per heavy atom. The molecule has 2 heterocycles. The van der Waals surface area contributed by atoms with Gasteiger partial charge in [-0.3, -0.25) is 0 Å². The fourth-order valence-electron chi connectivity index (χ4n) is 1.53. The number of pyridine rings is 1. The van der Waals surface area contributed by atoms with Crippen molar-refractivity contribution in [3.8, 4) is 5.75 Å². The van der Waals surface area contributed by atoms with Gasteiger partial charge in [0.25, 0.3) is 0 Å². The Bertz CT molecular complexity index is 652. The number of ether oxygens (including phenoxy) is 1. The highest BCUT2D eigenvalue weighted by molar-refractivity contribution is 9.11. The maximum absolute atomic E-state index is 10.6. The van der Waals surface area contributed by atoms with Crippen LogP contribution in [0.2, 0.25) is 0 Å². The molecule has 0 saturated heterocycles. The Balaban J connectivity index is 2.15. The summed E-state index contributed by atoms with van der Waals surface area (Å²) in [6.45, 7) is 2.27. The van der Waals surface area contributed by atoms with Gasteiger partial charge >= 0.3 is 5.97 Å². The van der Waals surface area contributed by atoms with Crippen molar-refractivity contribution in [2.45, 2.75) is 13.5 Å². The molecule has 2 aromatic heterocycles. The minimum absolute atomic E-state index is 0.426. The van der Waals surface area contributed by atoms with Crippen molar-refractivity contribution < 1.29 is 14.6 Å². The maximum atomic E-state index is 10.6. The van der Waals surface area contributed by atoms with Crippen LogP contribution in [0.4, 0.5) is 0 Å². The lowest BCUT2D eigenvalue weighted by Gasteiger charge is -2.08. The Kier molecular flexibility index (Phi) is 4.92.